The van der Waals surface area contributed by atoms with Crippen LogP contribution in [0.25, 0.3) is 0 Å². The van der Waals surface area contributed by atoms with Gasteiger partial charge < -0.3 is 9.47 Å². The number of hydrogen-bond acceptors (Lipinski definition) is 7. The van der Waals surface area contributed by atoms with Crippen molar-refractivity contribution in [3.05, 3.63) is 29.8 Å². The first-order chi connectivity index (χ1) is 18.4. The van der Waals surface area contributed by atoms with Crippen LogP contribution in [0.1, 0.15) is 84.6 Å². The molecule has 0 N–H and O–H groups in total. The van der Waals surface area contributed by atoms with Crippen molar-refractivity contribution >= 4 is 22.1 Å². The Balaban J connectivity index is 1.45. The fourth-order valence-electron chi connectivity index (χ4n) is 9.27. The fourth-order valence-corrected chi connectivity index (χ4v) is 10.4. The lowest BCUT2D eigenvalue weighted by Crippen LogP contribution is -2.59. The monoisotopic (exact) mass is 560 g/mol. The summed E-state index contributed by atoms with van der Waals surface area (Å²) in [6.45, 7) is 10.1. The summed E-state index contributed by atoms with van der Waals surface area (Å²) in [5.74, 6) is 1.30. The molecule has 9 atom stereocenters. The molecular formula is C31H44O7S. The number of fused-ring (bicyclic) bond motifs is 5. The van der Waals surface area contributed by atoms with E-state index in [1.54, 1.807) is 38.1 Å². The molecule has 4 aliphatic carbocycles. The van der Waals surface area contributed by atoms with E-state index in [0.29, 0.717) is 30.8 Å². The molecule has 216 valence electrons. The zero-order valence-electron chi connectivity index (χ0n) is 24.0. The summed E-state index contributed by atoms with van der Waals surface area (Å²) >= 11 is 0. The van der Waals surface area contributed by atoms with Crippen LogP contribution in [0.4, 0.5) is 4.79 Å². The summed E-state index contributed by atoms with van der Waals surface area (Å²) in [6.07, 6.45) is 5.67. The van der Waals surface area contributed by atoms with Crippen molar-refractivity contribution in [1.82, 2.24) is 0 Å². The third-order valence-electron chi connectivity index (χ3n) is 11.3. The van der Waals surface area contributed by atoms with Gasteiger partial charge in [0, 0.05) is 11.3 Å². The van der Waals surface area contributed by atoms with Crippen molar-refractivity contribution in [3.63, 3.8) is 0 Å². The SMILES string of the molecule is CCOC(=O)OC1CCC2(C)C(CCC3C2CC(OS(=O)(=O)c2ccc(C)cc2)C2(C)C(C(C)=O)CCC32)C1. The Morgan fingerprint density at radius 3 is 2.36 bits per heavy atom. The highest BCUT2D eigenvalue weighted by Gasteiger charge is 2.65. The van der Waals surface area contributed by atoms with Crippen LogP contribution >= 0.6 is 0 Å². The molecule has 4 aliphatic rings. The minimum Gasteiger partial charge on any atom is -0.435 e. The van der Waals surface area contributed by atoms with Gasteiger partial charge in [-0.15, -0.1) is 0 Å². The third-order valence-corrected chi connectivity index (χ3v) is 12.6. The highest BCUT2D eigenvalue weighted by atomic mass is 32.2. The van der Waals surface area contributed by atoms with Crippen molar-refractivity contribution in [1.29, 1.82) is 0 Å². The van der Waals surface area contributed by atoms with E-state index in [0.717, 1.165) is 50.5 Å². The first-order valence-electron chi connectivity index (χ1n) is 14.7. The molecule has 1 aromatic rings. The predicted molar refractivity (Wildman–Crippen MR) is 146 cm³/mol. The van der Waals surface area contributed by atoms with Crippen LogP contribution < -0.4 is 0 Å². The summed E-state index contributed by atoms with van der Waals surface area (Å²) in [6, 6.07) is 6.79. The molecule has 7 nitrogen and oxygen atoms in total. The lowest BCUT2D eigenvalue weighted by molar-refractivity contribution is -0.168. The first kappa shape index (κ1) is 28.6. The second-order valence-corrected chi connectivity index (χ2v) is 14.6. The zero-order valence-corrected chi connectivity index (χ0v) is 24.8. The van der Waals surface area contributed by atoms with Gasteiger partial charge in [0.25, 0.3) is 10.1 Å². The van der Waals surface area contributed by atoms with Gasteiger partial charge in [-0.1, -0.05) is 31.5 Å². The summed E-state index contributed by atoms with van der Waals surface area (Å²) in [5, 5.41) is 0. The number of aryl methyl sites for hydroxylation is 1. The maximum Gasteiger partial charge on any atom is 0.508 e. The van der Waals surface area contributed by atoms with E-state index in [9.17, 15) is 18.0 Å². The van der Waals surface area contributed by atoms with Crippen molar-refractivity contribution in [3.8, 4) is 0 Å². The molecule has 4 saturated carbocycles. The molecule has 0 amide bonds. The quantitative estimate of drug-likeness (QED) is 0.291. The van der Waals surface area contributed by atoms with E-state index in [2.05, 4.69) is 13.8 Å². The Morgan fingerprint density at radius 2 is 1.69 bits per heavy atom. The first-order valence-corrected chi connectivity index (χ1v) is 16.1. The normalized spacial score (nSPS) is 39.7. The summed E-state index contributed by atoms with van der Waals surface area (Å²) in [7, 11) is -4.00. The van der Waals surface area contributed by atoms with Crippen LogP contribution in [-0.2, 0) is 28.6 Å². The Hall–Kier alpha value is -1.93. The molecule has 8 heteroatoms. The second-order valence-electron chi connectivity index (χ2n) is 13.0. The summed E-state index contributed by atoms with van der Waals surface area (Å²) in [5.41, 5.74) is 0.471. The maximum absolute atomic E-state index is 13.6. The lowest BCUT2D eigenvalue weighted by atomic mass is 9.44. The maximum atomic E-state index is 13.6. The number of hydrogen-bond donors (Lipinski definition) is 0. The van der Waals surface area contributed by atoms with Crippen LogP contribution in [0.15, 0.2) is 29.2 Å². The van der Waals surface area contributed by atoms with E-state index >= 15 is 0 Å². The second kappa shape index (κ2) is 10.5. The van der Waals surface area contributed by atoms with Gasteiger partial charge in [-0.3, -0.25) is 8.98 Å². The Bertz CT molecular complexity index is 1190. The minimum atomic E-state index is -4.00. The van der Waals surface area contributed by atoms with Crippen LogP contribution in [-0.4, -0.2) is 39.2 Å². The van der Waals surface area contributed by atoms with Gasteiger partial charge in [-0.2, -0.15) is 8.42 Å². The highest BCUT2D eigenvalue weighted by molar-refractivity contribution is 7.86. The van der Waals surface area contributed by atoms with Gasteiger partial charge in [0.15, 0.2) is 0 Å². The van der Waals surface area contributed by atoms with Crippen LogP contribution in [0, 0.1) is 47.3 Å². The minimum absolute atomic E-state index is 0.00229. The number of benzene rings is 1. The third kappa shape index (κ3) is 4.94. The molecule has 0 aromatic heterocycles. The number of ketones is 1. The van der Waals surface area contributed by atoms with Gasteiger partial charge in [-0.05, 0) is 113 Å². The molecule has 0 radical (unpaired) electrons. The standard InChI is InChI=1S/C31H44O7S/c1-6-36-29(33)37-22-15-16-30(4)21(17-22)9-12-24-26-14-13-25(20(3)32)31(26,5)28(18-27(24)30)38-39(34,35)23-10-7-19(2)8-11-23/h7-8,10-11,21-22,24-28H,6,9,12-18H2,1-5H3. The predicted octanol–water partition coefficient (Wildman–Crippen LogP) is 6.47. The van der Waals surface area contributed by atoms with Crippen molar-refractivity contribution in [2.45, 2.75) is 103 Å². The number of carbonyl (C=O) groups is 2. The number of rotatable bonds is 6. The zero-order chi connectivity index (χ0) is 28.2. The Labute approximate surface area is 233 Å². The fraction of sp³-hybridized carbons (Fsp3) is 0.742. The van der Waals surface area contributed by atoms with Crippen LogP contribution in [0.5, 0.6) is 0 Å². The molecule has 9 unspecified atom stereocenters. The van der Waals surface area contributed by atoms with Gasteiger partial charge in [0.1, 0.15) is 11.9 Å². The average Bonchev–Trinajstić information content (AvgIpc) is 3.24. The van der Waals surface area contributed by atoms with E-state index in [1.165, 1.54) is 0 Å². The molecule has 1 aromatic carbocycles. The van der Waals surface area contributed by atoms with Crippen LogP contribution in [0.2, 0.25) is 0 Å². The van der Waals surface area contributed by atoms with Crippen LogP contribution in [0.3, 0.4) is 0 Å². The molecule has 5 rings (SSSR count). The van der Waals surface area contributed by atoms with Gasteiger partial charge in [0.2, 0.25) is 0 Å². The smallest absolute Gasteiger partial charge is 0.435 e. The van der Waals surface area contributed by atoms with Crippen molar-refractivity contribution in [2.24, 2.45) is 40.4 Å². The summed E-state index contributed by atoms with van der Waals surface area (Å²) < 4.78 is 44.0. The molecule has 0 bridgehead atoms. The molecular weight excluding hydrogens is 516 g/mol. The lowest BCUT2D eigenvalue weighted by Gasteiger charge is -2.62. The number of ether oxygens (including phenoxy) is 2. The largest absolute Gasteiger partial charge is 0.508 e. The molecule has 4 fully saturated rings. The number of carbonyl (C=O) groups excluding carboxylic acids is 2. The Morgan fingerprint density at radius 1 is 0.974 bits per heavy atom. The number of Topliss-reactive ketones (excluding diaryl/α,β-unsaturated/α-hetero) is 1. The molecule has 0 spiro atoms. The summed E-state index contributed by atoms with van der Waals surface area (Å²) in [4.78, 5) is 25.0. The van der Waals surface area contributed by atoms with Crippen molar-refractivity contribution < 1.29 is 31.7 Å². The van der Waals surface area contributed by atoms with Gasteiger partial charge in [-0.25, -0.2) is 4.79 Å². The molecule has 39 heavy (non-hydrogen) atoms. The van der Waals surface area contributed by atoms with E-state index < -0.39 is 27.8 Å². The van der Waals surface area contributed by atoms with E-state index in [4.69, 9.17) is 13.7 Å². The molecule has 0 heterocycles. The van der Waals surface area contributed by atoms with E-state index in [-0.39, 0.29) is 34.0 Å². The van der Waals surface area contributed by atoms with Crippen molar-refractivity contribution in [2.75, 3.05) is 6.61 Å². The topological polar surface area (TPSA) is 96.0 Å². The highest BCUT2D eigenvalue weighted by Crippen LogP contribution is 2.68. The molecule has 0 aliphatic heterocycles. The molecule has 0 saturated heterocycles. The van der Waals surface area contributed by atoms with Gasteiger partial charge >= 0.3 is 6.16 Å². The Kier molecular flexibility index (Phi) is 7.68. The average molecular weight is 561 g/mol. The van der Waals surface area contributed by atoms with E-state index in [1.807, 2.05) is 6.92 Å². The van der Waals surface area contributed by atoms with Gasteiger partial charge in [0.05, 0.1) is 17.6 Å².